The number of carbonyl (C=O) groups is 1. The molecule has 5 heteroatoms. The number of nitrogens with zero attached hydrogens (tertiary/aromatic N) is 2. The molecule has 1 amide bonds. The highest BCUT2D eigenvalue weighted by atomic mass is 19.1. The molecule has 1 unspecified atom stereocenters. The minimum Gasteiger partial charge on any atom is -0.357 e. The summed E-state index contributed by atoms with van der Waals surface area (Å²) in [6, 6.07) is 12.2. The second kappa shape index (κ2) is 6.67. The molecule has 0 saturated carbocycles. The quantitative estimate of drug-likeness (QED) is 0.793. The summed E-state index contributed by atoms with van der Waals surface area (Å²) < 4.78 is 13.0. The van der Waals surface area contributed by atoms with E-state index in [-0.39, 0.29) is 11.7 Å². The molecule has 0 radical (unpaired) electrons. The Morgan fingerprint density at radius 2 is 2.12 bits per heavy atom. The summed E-state index contributed by atoms with van der Waals surface area (Å²) >= 11 is 0. The number of nitrogens with one attached hydrogen (secondary N) is 1. The van der Waals surface area contributed by atoms with Gasteiger partial charge in [0.1, 0.15) is 5.82 Å². The van der Waals surface area contributed by atoms with Gasteiger partial charge in [0, 0.05) is 30.9 Å². The number of piperidine rings is 1. The van der Waals surface area contributed by atoms with E-state index in [0.29, 0.717) is 18.9 Å². The number of amides is 1. The van der Waals surface area contributed by atoms with Gasteiger partial charge >= 0.3 is 0 Å². The number of benzene rings is 1. The highest BCUT2D eigenvalue weighted by molar-refractivity contribution is 5.79. The van der Waals surface area contributed by atoms with Crippen molar-refractivity contribution in [3.05, 3.63) is 65.7 Å². The number of pyridine rings is 1. The Labute approximate surface area is 145 Å². The summed E-state index contributed by atoms with van der Waals surface area (Å²) in [5.41, 5.74) is 4.00. The Hall–Kier alpha value is -2.69. The van der Waals surface area contributed by atoms with Crippen molar-refractivity contribution in [2.24, 2.45) is 0 Å². The van der Waals surface area contributed by atoms with Gasteiger partial charge in [0.2, 0.25) is 5.91 Å². The van der Waals surface area contributed by atoms with Gasteiger partial charge in [0.25, 0.3) is 0 Å². The van der Waals surface area contributed by atoms with E-state index < -0.39 is 0 Å². The number of rotatable bonds is 3. The van der Waals surface area contributed by atoms with Crippen molar-refractivity contribution in [3.63, 3.8) is 0 Å². The van der Waals surface area contributed by atoms with Gasteiger partial charge in [-0.25, -0.2) is 4.39 Å². The second-order valence-corrected chi connectivity index (χ2v) is 6.64. The van der Waals surface area contributed by atoms with Crippen LogP contribution in [0.1, 0.15) is 30.0 Å². The maximum atomic E-state index is 13.0. The molecule has 2 aromatic heterocycles. The van der Waals surface area contributed by atoms with Crippen molar-refractivity contribution in [2.45, 2.75) is 25.2 Å². The molecule has 1 aliphatic rings. The largest absolute Gasteiger partial charge is 0.357 e. The van der Waals surface area contributed by atoms with Crippen molar-refractivity contribution in [3.8, 4) is 0 Å². The van der Waals surface area contributed by atoms with E-state index in [0.717, 1.165) is 41.7 Å². The maximum absolute atomic E-state index is 13.0. The zero-order valence-electron chi connectivity index (χ0n) is 13.9. The normalized spacial score (nSPS) is 17.8. The molecule has 0 bridgehead atoms. The molecule has 1 N–H and O–H groups in total. The van der Waals surface area contributed by atoms with E-state index in [1.165, 1.54) is 12.1 Å². The number of aromatic nitrogens is 2. The molecule has 128 valence electrons. The monoisotopic (exact) mass is 337 g/mol. The van der Waals surface area contributed by atoms with E-state index in [1.807, 2.05) is 17.0 Å². The molecule has 25 heavy (non-hydrogen) atoms. The lowest BCUT2D eigenvalue weighted by Gasteiger charge is -2.32. The molecule has 1 aliphatic heterocycles. The molecular formula is C20H20FN3O. The van der Waals surface area contributed by atoms with Crippen LogP contribution in [-0.2, 0) is 11.2 Å². The van der Waals surface area contributed by atoms with Gasteiger partial charge in [-0.15, -0.1) is 0 Å². The van der Waals surface area contributed by atoms with Crippen molar-refractivity contribution in [2.75, 3.05) is 13.1 Å². The number of fused-ring (bicyclic) bond motifs is 1. The maximum Gasteiger partial charge on any atom is 0.227 e. The average Bonchev–Trinajstić information content (AvgIpc) is 3.08. The zero-order chi connectivity index (χ0) is 17.2. The first-order valence-corrected chi connectivity index (χ1v) is 8.65. The van der Waals surface area contributed by atoms with Crippen molar-refractivity contribution in [1.82, 2.24) is 14.9 Å². The standard InChI is InChI=1S/C20H20FN3O/c21-16-7-5-14(6-8-16)11-20(25)24-10-2-3-15(13-24)18-12-19-17(23-18)4-1-9-22-19/h1,4-9,12,15,23H,2-3,10-11,13H2. The van der Waals surface area contributed by atoms with Gasteiger partial charge in [0.15, 0.2) is 0 Å². The summed E-state index contributed by atoms with van der Waals surface area (Å²) in [5.74, 6) is 0.132. The SMILES string of the molecule is O=C(Cc1ccc(F)cc1)N1CCCC(c2cc3ncccc3[nH]2)C1. The molecule has 1 atom stereocenters. The Morgan fingerprint density at radius 1 is 1.28 bits per heavy atom. The smallest absolute Gasteiger partial charge is 0.227 e. The molecule has 4 nitrogen and oxygen atoms in total. The van der Waals surface area contributed by atoms with Crippen molar-refractivity contribution < 1.29 is 9.18 Å². The third kappa shape index (κ3) is 3.40. The predicted molar refractivity (Wildman–Crippen MR) is 94.8 cm³/mol. The molecule has 1 fully saturated rings. The number of hydrogen-bond donors (Lipinski definition) is 1. The highest BCUT2D eigenvalue weighted by Crippen LogP contribution is 2.28. The predicted octanol–water partition coefficient (Wildman–Crippen LogP) is 3.65. The van der Waals surface area contributed by atoms with Gasteiger partial charge in [-0.1, -0.05) is 12.1 Å². The fourth-order valence-electron chi connectivity index (χ4n) is 3.54. The van der Waals surface area contributed by atoms with Gasteiger partial charge in [-0.2, -0.15) is 0 Å². The van der Waals surface area contributed by atoms with Gasteiger partial charge in [0.05, 0.1) is 17.5 Å². The third-order valence-electron chi connectivity index (χ3n) is 4.89. The summed E-state index contributed by atoms with van der Waals surface area (Å²) in [4.78, 5) is 22.3. The Morgan fingerprint density at radius 3 is 2.92 bits per heavy atom. The first-order valence-electron chi connectivity index (χ1n) is 8.65. The minimum atomic E-state index is -0.276. The van der Waals surface area contributed by atoms with Crippen molar-refractivity contribution in [1.29, 1.82) is 0 Å². The topological polar surface area (TPSA) is 49.0 Å². The molecule has 4 rings (SSSR count). The fraction of sp³-hybridized carbons (Fsp3) is 0.300. The summed E-state index contributed by atoms with van der Waals surface area (Å²) in [5, 5.41) is 0. The minimum absolute atomic E-state index is 0.102. The lowest BCUT2D eigenvalue weighted by molar-refractivity contribution is -0.131. The second-order valence-electron chi connectivity index (χ2n) is 6.64. The first kappa shape index (κ1) is 15.8. The first-order chi connectivity index (χ1) is 12.2. The van der Waals surface area contributed by atoms with Gasteiger partial charge in [-0.05, 0) is 48.7 Å². The molecule has 3 heterocycles. The van der Waals surface area contributed by atoms with Crippen LogP contribution in [0.3, 0.4) is 0 Å². The molecular weight excluding hydrogens is 317 g/mol. The Kier molecular flexibility index (Phi) is 4.22. The lowest BCUT2D eigenvalue weighted by Crippen LogP contribution is -2.40. The molecule has 1 saturated heterocycles. The lowest BCUT2D eigenvalue weighted by atomic mass is 9.94. The highest BCUT2D eigenvalue weighted by Gasteiger charge is 2.25. The number of hydrogen-bond acceptors (Lipinski definition) is 2. The van der Waals surface area contributed by atoms with Crippen LogP contribution < -0.4 is 0 Å². The van der Waals surface area contributed by atoms with Gasteiger partial charge in [-0.3, -0.25) is 9.78 Å². The van der Waals surface area contributed by atoms with Crippen LogP contribution in [0.2, 0.25) is 0 Å². The van der Waals surface area contributed by atoms with Crippen LogP contribution in [0.15, 0.2) is 48.7 Å². The summed E-state index contributed by atoms with van der Waals surface area (Å²) in [7, 11) is 0. The number of halogens is 1. The molecule has 1 aromatic carbocycles. The Balaban J connectivity index is 1.46. The third-order valence-corrected chi connectivity index (χ3v) is 4.89. The van der Waals surface area contributed by atoms with E-state index in [2.05, 4.69) is 16.0 Å². The van der Waals surface area contributed by atoms with Crippen LogP contribution in [0, 0.1) is 5.82 Å². The van der Waals surface area contributed by atoms with E-state index >= 15 is 0 Å². The summed E-state index contributed by atoms with van der Waals surface area (Å²) in [6.45, 7) is 1.50. The summed E-state index contributed by atoms with van der Waals surface area (Å²) in [6.07, 6.45) is 4.16. The van der Waals surface area contributed by atoms with Crippen molar-refractivity contribution >= 4 is 16.9 Å². The van der Waals surface area contributed by atoms with Crippen LogP contribution in [0.4, 0.5) is 4.39 Å². The number of likely N-dealkylation sites (tertiary alicyclic amines) is 1. The fourth-order valence-corrected chi connectivity index (χ4v) is 3.54. The van der Waals surface area contributed by atoms with Crippen LogP contribution in [0.5, 0.6) is 0 Å². The average molecular weight is 337 g/mol. The molecule has 3 aromatic rings. The number of carbonyl (C=O) groups excluding carboxylic acids is 1. The van der Waals surface area contributed by atoms with E-state index in [1.54, 1.807) is 18.3 Å². The Bertz CT molecular complexity index is 854. The van der Waals surface area contributed by atoms with E-state index in [9.17, 15) is 9.18 Å². The van der Waals surface area contributed by atoms with E-state index in [4.69, 9.17) is 0 Å². The van der Waals surface area contributed by atoms with Crippen LogP contribution in [0.25, 0.3) is 11.0 Å². The number of H-pyrrole nitrogens is 1. The number of aromatic amines is 1. The van der Waals surface area contributed by atoms with Crippen LogP contribution >= 0.6 is 0 Å². The molecule has 0 aliphatic carbocycles. The van der Waals surface area contributed by atoms with Gasteiger partial charge < -0.3 is 9.88 Å². The molecule has 0 spiro atoms. The zero-order valence-corrected chi connectivity index (χ0v) is 13.9. The van der Waals surface area contributed by atoms with Crippen LogP contribution in [-0.4, -0.2) is 33.9 Å².